The highest BCUT2D eigenvalue weighted by Crippen LogP contribution is 2.22. The molecular weight excluding hydrogens is 362 g/mol. The quantitative estimate of drug-likeness (QED) is 0.801. The van der Waals surface area contributed by atoms with E-state index in [1.54, 1.807) is 6.92 Å². The molecule has 0 aliphatic rings. The van der Waals surface area contributed by atoms with Gasteiger partial charge >= 0.3 is 0 Å². The molecule has 0 aliphatic carbocycles. The Hall–Kier alpha value is -2.48. The number of hydrogen-bond acceptors (Lipinski definition) is 3. The molecule has 0 aliphatic heterocycles. The van der Waals surface area contributed by atoms with E-state index in [0.717, 1.165) is 22.7 Å². The number of anilines is 1. The summed E-state index contributed by atoms with van der Waals surface area (Å²) in [5.41, 5.74) is 0.889. The monoisotopic (exact) mass is 382 g/mol. The third-order valence-electron chi connectivity index (χ3n) is 3.79. The van der Waals surface area contributed by atoms with Crippen LogP contribution in [0.2, 0.25) is 0 Å². The van der Waals surface area contributed by atoms with Crippen molar-refractivity contribution in [2.45, 2.75) is 25.9 Å². The Bertz CT molecular complexity index is 853. The van der Waals surface area contributed by atoms with E-state index < -0.39 is 27.8 Å². The lowest BCUT2D eigenvalue weighted by Crippen LogP contribution is -2.49. The number of benzene rings is 2. The van der Waals surface area contributed by atoms with Crippen molar-refractivity contribution in [1.82, 2.24) is 5.32 Å². The van der Waals surface area contributed by atoms with Gasteiger partial charge in [-0.25, -0.2) is 17.2 Å². The first-order valence-corrected chi connectivity index (χ1v) is 9.84. The van der Waals surface area contributed by atoms with Crippen molar-refractivity contribution in [3.05, 3.63) is 65.7 Å². The molecule has 0 saturated heterocycles. The Balaban J connectivity index is 2.22. The molecule has 1 amide bonds. The van der Waals surface area contributed by atoms with Crippen molar-refractivity contribution in [2.75, 3.05) is 10.6 Å². The zero-order valence-electron chi connectivity index (χ0n) is 14.4. The third kappa shape index (κ3) is 5.01. The number of hydrogen-bond donors (Lipinski definition) is 1. The number of carbonyl (C=O) groups excluding carboxylic acids is 1. The van der Waals surface area contributed by atoms with Gasteiger partial charge in [-0.2, -0.15) is 0 Å². The Morgan fingerprint density at radius 1 is 1.04 bits per heavy atom. The number of amides is 1. The van der Waals surface area contributed by atoms with E-state index >= 15 is 0 Å². The molecular formula is C18H20F2N2O3S. The highest BCUT2D eigenvalue weighted by atomic mass is 32.2. The van der Waals surface area contributed by atoms with Gasteiger partial charge in [-0.15, -0.1) is 0 Å². The maximum absolute atomic E-state index is 13.2. The van der Waals surface area contributed by atoms with Crippen LogP contribution in [0.1, 0.15) is 18.9 Å². The van der Waals surface area contributed by atoms with Crippen LogP contribution in [0, 0.1) is 11.6 Å². The Labute approximate surface area is 151 Å². The summed E-state index contributed by atoms with van der Waals surface area (Å²) in [5.74, 6) is -1.38. The average Bonchev–Trinajstić information content (AvgIpc) is 2.59. The summed E-state index contributed by atoms with van der Waals surface area (Å²) in [4.78, 5) is 12.6. The fourth-order valence-electron chi connectivity index (χ4n) is 2.56. The van der Waals surface area contributed by atoms with Gasteiger partial charge in [0.15, 0.2) is 0 Å². The molecule has 1 N–H and O–H groups in total. The minimum absolute atomic E-state index is 0.136. The second-order valence-electron chi connectivity index (χ2n) is 5.80. The lowest BCUT2D eigenvalue weighted by molar-refractivity contribution is -0.122. The highest BCUT2D eigenvalue weighted by Gasteiger charge is 2.31. The van der Waals surface area contributed by atoms with Gasteiger partial charge in [-0.1, -0.05) is 19.1 Å². The normalized spacial score (nSPS) is 12.5. The molecule has 0 bridgehead atoms. The zero-order chi connectivity index (χ0) is 19.3. The number of carbonyl (C=O) groups is 1. The van der Waals surface area contributed by atoms with E-state index in [1.165, 1.54) is 36.4 Å². The Kier molecular flexibility index (Phi) is 6.31. The lowest BCUT2D eigenvalue weighted by atomic mass is 10.1. The Morgan fingerprint density at radius 2 is 1.54 bits per heavy atom. The van der Waals surface area contributed by atoms with Crippen LogP contribution >= 0.6 is 0 Å². The smallest absolute Gasteiger partial charge is 0.244 e. The largest absolute Gasteiger partial charge is 0.350 e. The fraction of sp³-hybridized carbons (Fsp3) is 0.278. The van der Waals surface area contributed by atoms with Crippen molar-refractivity contribution in [1.29, 1.82) is 0 Å². The summed E-state index contributed by atoms with van der Waals surface area (Å²) in [5, 5.41) is 2.66. The topological polar surface area (TPSA) is 66.5 Å². The van der Waals surface area contributed by atoms with Crippen molar-refractivity contribution >= 4 is 21.6 Å². The molecule has 0 radical (unpaired) electrons. The van der Waals surface area contributed by atoms with Crippen LogP contribution < -0.4 is 9.62 Å². The standard InChI is InChI=1S/C18H20F2N2O3S/c1-3-17(18(23)21-12-13-4-6-14(19)7-5-13)22(26(2,24)25)16-10-8-15(20)9-11-16/h4-11,17H,3,12H2,1-2H3,(H,21,23). The fourth-order valence-corrected chi connectivity index (χ4v) is 3.77. The maximum Gasteiger partial charge on any atom is 0.244 e. The predicted octanol–water partition coefficient (Wildman–Crippen LogP) is 2.83. The van der Waals surface area contributed by atoms with Gasteiger partial charge in [0.1, 0.15) is 17.7 Å². The van der Waals surface area contributed by atoms with E-state index in [-0.39, 0.29) is 24.5 Å². The van der Waals surface area contributed by atoms with Crippen LogP contribution in [0.25, 0.3) is 0 Å². The first-order chi connectivity index (χ1) is 12.2. The van der Waals surface area contributed by atoms with Crippen molar-refractivity contribution in [3.63, 3.8) is 0 Å². The minimum Gasteiger partial charge on any atom is -0.350 e. The molecule has 2 aromatic carbocycles. The van der Waals surface area contributed by atoms with Crippen molar-refractivity contribution < 1.29 is 22.0 Å². The first-order valence-electron chi connectivity index (χ1n) is 7.99. The number of nitrogens with one attached hydrogen (secondary N) is 1. The first kappa shape index (κ1) is 19.8. The molecule has 0 spiro atoms. The number of nitrogens with zero attached hydrogens (tertiary/aromatic N) is 1. The van der Waals surface area contributed by atoms with Crippen LogP contribution in [0.15, 0.2) is 48.5 Å². The molecule has 5 nitrogen and oxygen atoms in total. The second-order valence-corrected chi connectivity index (χ2v) is 7.66. The van der Waals surface area contributed by atoms with Crippen LogP contribution in [-0.4, -0.2) is 26.6 Å². The van der Waals surface area contributed by atoms with Crippen LogP contribution in [0.4, 0.5) is 14.5 Å². The van der Waals surface area contributed by atoms with Gasteiger partial charge in [0.25, 0.3) is 0 Å². The molecule has 8 heteroatoms. The third-order valence-corrected chi connectivity index (χ3v) is 4.97. The predicted molar refractivity (Wildman–Crippen MR) is 96.0 cm³/mol. The molecule has 1 atom stereocenters. The average molecular weight is 382 g/mol. The Morgan fingerprint density at radius 3 is 2.00 bits per heavy atom. The second kappa shape index (κ2) is 8.27. The molecule has 0 aromatic heterocycles. The summed E-state index contributed by atoms with van der Waals surface area (Å²) >= 11 is 0. The number of rotatable bonds is 7. The van der Waals surface area contributed by atoms with Crippen LogP contribution in [0.5, 0.6) is 0 Å². The summed E-state index contributed by atoms with van der Waals surface area (Å²) in [6.45, 7) is 1.82. The van der Waals surface area contributed by atoms with Gasteiger partial charge in [-0.05, 0) is 48.4 Å². The van der Waals surface area contributed by atoms with Crippen molar-refractivity contribution in [3.8, 4) is 0 Å². The highest BCUT2D eigenvalue weighted by molar-refractivity contribution is 7.92. The molecule has 0 saturated carbocycles. The zero-order valence-corrected chi connectivity index (χ0v) is 15.3. The summed E-state index contributed by atoms with van der Waals surface area (Å²) in [6, 6.07) is 9.53. The molecule has 0 heterocycles. The van der Waals surface area contributed by atoms with Gasteiger partial charge in [-0.3, -0.25) is 9.10 Å². The van der Waals surface area contributed by atoms with E-state index in [4.69, 9.17) is 0 Å². The maximum atomic E-state index is 13.2. The van der Waals surface area contributed by atoms with E-state index in [1.807, 2.05) is 0 Å². The van der Waals surface area contributed by atoms with Crippen LogP contribution in [-0.2, 0) is 21.4 Å². The van der Waals surface area contributed by atoms with Crippen LogP contribution in [0.3, 0.4) is 0 Å². The van der Waals surface area contributed by atoms with E-state index in [2.05, 4.69) is 5.32 Å². The molecule has 140 valence electrons. The molecule has 1 unspecified atom stereocenters. The SMILES string of the molecule is CCC(C(=O)NCc1ccc(F)cc1)N(c1ccc(F)cc1)S(C)(=O)=O. The molecule has 2 aromatic rings. The van der Waals surface area contributed by atoms with Crippen molar-refractivity contribution in [2.24, 2.45) is 0 Å². The molecule has 2 rings (SSSR count). The number of sulfonamides is 1. The summed E-state index contributed by atoms with van der Waals surface area (Å²) < 4.78 is 51.6. The van der Waals surface area contributed by atoms with Gasteiger partial charge in [0.05, 0.1) is 11.9 Å². The molecule has 26 heavy (non-hydrogen) atoms. The number of halogens is 2. The minimum atomic E-state index is -3.78. The lowest BCUT2D eigenvalue weighted by Gasteiger charge is -2.30. The van der Waals surface area contributed by atoms with Gasteiger partial charge in [0, 0.05) is 6.54 Å². The van der Waals surface area contributed by atoms with Gasteiger partial charge < -0.3 is 5.32 Å². The summed E-state index contributed by atoms with van der Waals surface area (Å²) in [7, 11) is -3.78. The summed E-state index contributed by atoms with van der Waals surface area (Å²) in [6.07, 6.45) is 1.21. The van der Waals surface area contributed by atoms with E-state index in [9.17, 15) is 22.0 Å². The van der Waals surface area contributed by atoms with E-state index in [0.29, 0.717) is 5.56 Å². The molecule has 0 fully saturated rings. The van der Waals surface area contributed by atoms with Gasteiger partial charge in [0.2, 0.25) is 15.9 Å².